The number of carbonyl (C=O) groups excluding carboxylic acids is 2. The Balaban J connectivity index is 2.34. The number of anilines is 1. The minimum absolute atomic E-state index is 0.107. The monoisotopic (exact) mass is 477 g/mol. The second kappa shape index (κ2) is 11.8. The lowest BCUT2D eigenvalue weighted by atomic mass is 10.1. The van der Waals surface area contributed by atoms with Gasteiger partial charge in [-0.3, -0.25) is 13.9 Å². The number of aryl methyl sites for hydroxylation is 1. The molecular formula is C24H32FN3O4S. The number of unbranched alkanes of at least 4 members (excludes halogenated alkanes) is 1. The van der Waals surface area contributed by atoms with Gasteiger partial charge in [-0.05, 0) is 38.0 Å². The number of halogens is 1. The number of hydrogen-bond acceptors (Lipinski definition) is 4. The van der Waals surface area contributed by atoms with Gasteiger partial charge in [0.1, 0.15) is 18.4 Å². The molecule has 0 aliphatic carbocycles. The number of carbonyl (C=O) groups is 2. The van der Waals surface area contributed by atoms with Crippen LogP contribution in [0.3, 0.4) is 0 Å². The van der Waals surface area contributed by atoms with Crippen molar-refractivity contribution in [2.75, 3.05) is 23.7 Å². The van der Waals surface area contributed by atoms with Crippen LogP contribution in [0.4, 0.5) is 10.1 Å². The maximum atomic E-state index is 14.4. The molecule has 0 bridgehead atoms. The molecule has 0 radical (unpaired) electrons. The Morgan fingerprint density at radius 3 is 2.30 bits per heavy atom. The van der Waals surface area contributed by atoms with E-state index in [-0.39, 0.29) is 18.1 Å². The third-order valence-electron chi connectivity index (χ3n) is 5.27. The van der Waals surface area contributed by atoms with Crippen molar-refractivity contribution in [3.8, 4) is 0 Å². The summed E-state index contributed by atoms with van der Waals surface area (Å²) in [6.45, 7) is 5.51. The molecule has 2 aromatic rings. The molecule has 0 aromatic heterocycles. The van der Waals surface area contributed by atoms with Gasteiger partial charge in [-0.25, -0.2) is 12.8 Å². The summed E-state index contributed by atoms with van der Waals surface area (Å²) >= 11 is 0. The second-order valence-corrected chi connectivity index (χ2v) is 9.96. The summed E-state index contributed by atoms with van der Waals surface area (Å²) in [4.78, 5) is 27.4. The van der Waals surface area contributed by atoms with Crippen molar-refractivity contribution in [3.63, 3.8) is 0 Å². The zero-order chi connectivity index (χ0) is 24.6. The number of nitrogens with zero attached hydrogens (tertiary/aromatic N) is 2. The fourth-order valence-corrected chi connectivity index (χ4v) is 4.11. The molecule has 2 aromatic carbocycles. The molecule has 2 amide bonds. The summed E-state index contributed by atoms with van der Waals surface area (Å²) in [5.41, 5.74) is 1.62. The molecule has 7 nitrogen and oxygen atoms in total. The molecule has 0 saturated heterocycles. The number of sulfonamides is 1. The van der Waals surface area contributed by atoms with Crippen molar-refractivity contribution in [1.82, 2.24) is 10.2 Å². The van der Waals surface area contributed by atoms with Crippen molar-refractivity contribution in [1.29, 1.82) is 0 Å². The van der Waals surface area contributed by atoms with E-state index in [4.69, 9.17) is 0 Å². The molecule has 0 saturated carbocycles. The van der Waals surface area contributed by atoms with Crippen LogP contribution in [0.1, 0.15) is 37.8 Å². The quantitative estimate of drug-likeness (QED) is 0.504. The Morgan fingerprint density at radius 2 is 1.73 bits per heavy atom. The van der Waals surface area contributed by atoms with Gasteiger partial charge in [0.25, 0.3) is 0 Å². The van der Waals surface area contributed by atoms with E-state index in [1.807, 2.05) is 38.1 Å². The lowest BCUT2D eigenvalue weighted by molar-refractivity contribution is -0.139. The molecule has 0 spiro atoms. The molecule has 180 valence electrons. The average Bonchev–Trinajstić information content (AvgIpc) is 2.76. The topological polar surface area (TPSA) is 86.8 Å². The summed E-state index contributed by atoms with van der Waals surface area (Å²) in [7, 11) is -3.97. The number of benzene rings is 2. The predicted molar refractivity (Wildman–Crippen MR) is 128 cm³/mol. The van der Waals surface area contributed by atoms with Crippen LogP contribution < -0.4 is 9.62 Å². The third kappa shape index (κ3) is 7.56. The van der Waals surface area contributed by atoms with Gasteiger partial charge in [0.2, 0.25) is 21.8 Å². The summed E-state index contributed by atoms with van der Waals surface area (Å²) in [6, 6.07) is 12.0. The SMILES string of the molecule is CCCCNC(=O)[C@@H](C)N(Cc1ccc(C)cc1)C(=O)CN(c1ccccc1F)S(C)(=O)=O. The van der Waals surface area contributed by atoms with Gasteiger partial charge in [0.05, 0.1) is 11.9 Å². The van der Waals surface area contributed by atoms with Crippen LogP contribution in [0.2, 0.25) is 0 Å². The lowest BCUT2D eigenvalue weighted by Gasteiger charge is -2.31. The van der Waals surface area contributed by atoms with E-state index in [1.165, 1.54) is 23.1 Å². The van der Waals surface area contributed by atoms with Crippen LogP contribution in [-0.4, -0.2) is 50.5 Å². The van der Waals surface area contributed by atoms with E-state index in [9.17, 15) is 22.4 Å². The molecule has 0 unspecified atom stereocenters. The molecule has 0 aliphatic heterocycles. The lowest BCUT2D eigenvalue weighted by Crippen LogP contribution is -2.51. The summed E-state index contributed by atoms with van der Waals surface area (Å²) in [5.74, 6) is -1.70. The first-order valence-corrected chi connectivity index (χ1v) is 12.7. The normalized spacial score (nSPS) is 12.2. The van der Waals surface area contributed by atoms with Gasteiger partial charge in [-0.1, -0.05) is 55.3 Å². The van der Waals surface area contributed by atoms with E-state index in [2.05, 4.69) is 5.32 Å². The van der Waals surface area contributed by atoms with Crippen LogP contribution in [0.25, 0.3) is 0 Å². The highest BCUT2D eigenvalue weighted by Crippen LogP contribution is 2.22. The second-order valence-electron chi connectivity index (χ2n) is 8.05. The van der Waals surface area contributed by atoms with Crippen LogP contribution in [0.15, 0.2) is 48.5 Å². The molecule has 0 heterocycles. The standard InChI is InChI=1S/C24H32FN3O4S/c1-5-6-15-26-24(30)19(3)27(16-20-13-11-18(2)12-14-20)23(29)17-28(33(4,31)32)22-10-8-7-9-21(22)25/h7-14,19H,5-6,15-17H2,1-4H3,(H,26,30)/t19-/m1/s1. The molecule has 1 N–H and O–H groups in total. The van der Waals surface area contributed by atoms with Crippen LogP contribution in [0.5, 0.6) is 0 Å². The van der Waals surface area contributed by atoms with E-state index in [0.29, 0.717) is 6.54 Å². The van der Waals surface area contributed by atoms with E-state index < -0.39 is 34.3 Å². The van der Waals surface area contributed by atoms with Gasteiger partial charge < -0.3 is 10.2 Å². The summed E-state index contributed by atoms with van der Waals surface area (Å²) < 4.78 is 40.0. The van der Waals surface area contributed by atoms with E-state index >= 15 is 0 Å². The molecule has 0 aliphatic rings. The average molecular weight is 478 g/mol. The third-order valence-corrected chi connectivity index (χ3v) is 6.40. The Labute approximate surface area is 195 Å². The maximum Gasteiger partial charge on any atom is 0.244 e. The molecule has 33 heavy (non-hydrogen) atoms. The molecule has 0 fully saturated rings. The van der Waals surface area contributed by atoms with Gasteiger partial charge in [0.15, 0.2) is 0 Å². The first kappa shape index (κ1) is 26.3. The van der Waals surface area contributed by atoms with E-state index in [0.717, 1.165) is 40.6 Å². The Hall–Kier alpha value is -2.94. The summed E-state index contributed by atoms with van der Waals surface area (Å²) in [5, 5.41) is 2.81. The zero-order valence-electron chi connectivity index (χ0n) is 19.5. The van der Waals surface area contributed by atoms with Crippen molar-refractivity contribution in [2.24, 2.45) is 0 Å². The van der Waals surface area contributed by atoms with Crippen LogP contribution in [0, 0.1) is 12.7 Å². The fourth-order valence-electron chi connectivity index (χ4n) is 3.26. The van der Waals surface area contributed by atoms with Crippen molar-refractivity contribution in [2.45, 2.75) is 46.2 Å². The predicted octanol–water partition coefficient (Wildman–Crippen LogP) is 3.23. The highest BCUT2D eigenvalue weighted by molar-refractivity contribution is 7.92. The van der Waals surface area contributed by atoms with Crippen molar-refractivity contribution in [3.05, 3.63) is 65.5 Å². The van der Waals surface area contributed by atoms with Crippen LogP contribution >= 0.6 is 0 Å². The largest absolute Gasteiger partial charge is 0.354 e. The summed E-state index contributed by atoms with van der Waals surface area (Å²) in [6.07, 6.45) is 2.63. The van der Waals surface area contributed by atoms with Crippen molar-refractivity contribution >= 4 is 27.5 Å². The van der Waals surface area contributed by atoms with E-state index in [1.54, 1.807) is 6.92 Å². The first-order valence-electron chi connectivity index (χ1n) is 10.9. The smallest absolute Gasteiger partial charge is 0.244 e. The highest BCUT2D eigenvalue weighted by atomic mass is 32.2. The zero-order valence-corrected chi connectivity index (χ0v) is 20.4. The number of rotatable bonds is 11. The van der Waals surface area contributed by atoms with Gasteiger partial charge in [-0.2, -0.15) is 0 Å². The number of amides is 2. The van der Waals surface area contributed by atoms with Gasteiger partial charge in [-0.15, -0.1) is 0 Å². The molecular weight excluding hydrogens is 445 g/mol. The van der Waals surface area contributed by atoms with Gasteiger partial charge >= 0.3 is 0 Å². The Bertz CT molecular complexity index is 1060. The maximum absolute atomic E-state index is 14.4. The molecule has 2 rings (SSSR count). The first-order chi connectivity index (χ1) is 15.5. The van der Waals surface area contributed by atoms with Crippen LogP contribution in [-0.2, 0) is 26.2 Å². The molecule has 1 atom stereocenters. The Kier molecular flexibility index (Phi) is 9.40. The minimum atomic E-state index is -3.97. The number of nitrogens with one attached hydrogen (secondary N) is 1. The fraction of sp³-hybridized carbons (Fsp3) is 0.417. The van der Waals surface area contributed by atoms with Crippen molar-refractivity contribution < 1.29 is 22.4 Å². The highest BCUT2D eigenvalue weighted by Gasteiger charge is 2.30. The number of hydrogen-bond donors (Lipinski definition) is 1. The van der Waals surface area contributed by atoms with Gasteiger partial charge in [0, 0.05) is 13.1 Å². The Morgan fingerprint density at radius 1 is 1.09 bits per heavy atom. The number of para-hydroxylation sites is 1. The minimum Gasteiger partial charge on any atom is -0.354 e. The molecule has 9 heteroatoms.